The van der Waals surface area contributed by atoms with Gasteiger partial charge in [0, 0.05) is 5.54 Å². The molecule has 2 N–H and O–H groups in total. The molecule has 2 amide bonds. The van der Waals surface area contributed by atoms with Gasteiger partial charge in [-0.2, -0.15) is 0 Å². The van der Waals surface area contributed by atoms with E-state index in [1.165, 1.54) is 12.1 Å². The van der Waals surface area contributed by atoms with Gasteiger partial charge in [0.25, 0.3) is 0 Å². The molecule has 0 bridgehead atoms. The van der Waals surface area contributed by atoms with E-state index in [4.69, 9.17) is 0 Å². The Labute approximate surface area is 108 Å². The number of benzene rings is 1. The molecule has 0 aliphatic heterocycles. The number of carbonyl (C=O) groups is 1. The largest absolute Gasteiger partial charge is 0.334 e. The zero-order valence-corrected chi connectivity index (χ0v) is 11.6. The standard InChI is InChI=1S/C14H21FN2O/c1-13(2,3)16-12(18)17-14(4,5)10-7-6-8-11(15)9-10/h6-9H,1-5H3,(H2,16,17,18). The lowest BCUT2D eigenvalue weighted by Crippen LogP contribution is -2.52. The number of rotatable bonds is 2. The fourth-order valence-corrected chi connectivity index (χ4v) is 1.61. The SMILES string of the molecule is CC(C)(C)NC(=O)NC(C)(C)c1cccc(F)c1. The average molecular weight is 252 g/mol. The number of nitrogens with one attached hydrogen (secondary N) is 2. The highest BCUT2D eigenvalue weighted by molar-refractivity contribution is 5.75. The molecule has 0 unspecified atom stereocenters. The first-order chi connectivity index (χ1) is 8.10. The predicted octanol–water partition coefficient (Wildman–Crippen LogP) is 3.16. The normalized spacial score (nSPS) is 12.1. The van der Waals surface area contributed by atoms with Crippen molar-refractivity contribution in [3.63, 3.8) is 0 Å². The summed E-state index contributed by atoms with van der Waals surface area (Å²) in [6.45, 7) is 9.39. The molecule has 0 spiro atoms. The highest BCUT2D eigenvalue weighted by atomic mass is 19.1. The van der Waals surface area contributed by atoms with Crippen LogP contribution in [0.15, 0.2) is 24.3 Å². The smallest absolute Gasteiger partial charge is 0.315 e. The van der Waals surface area contributed by atoms with E-state index in [-0.39, 0.29) is 17.4 Å². The Morgan fingerprint density at radius 1 is 1.11 bits per heavy atom. The van der Waals surface area contributed by atoms with Gasteiger partial charge >= 0.3 is 6.03 Å². The van der Waals surface area contributed by atoms with Crippen LogP contribution in [0.3, 0.4) is 0 Å². The van der Waals surface area contributed by atoms with Gasteiger partial charge in [0.2, 0.25) is 0 Å². The Kier molecular flexibility index (Phi) is 3.99. The van der Waals surface area contributed by atoms with Crippen LogP contribution >= 0.6 is 0 Å². The minimum Gasteiger partial charge on any atom is -0.334 e. The lowest BCUT2D eigenvalue weighted by atomic mass is 9.94. The molecule has 0 atom stereocenters. The highest BCUT2D eigenvalue weighted by Gasteiger charge is 2.24. The second kappa shape index (κ2) is 4.96. The Balaban J connectivity index is 2.79. The maximum absolute atomic E-state index is 13.2. The molecule has 0 saturated carbocycles. The molecule has 0 fully saturated rings. The third-order valence-electron chi connectivity index (χ3n) is 2.46. The fourth-order valence-electron chi connectivity index (χ4n) is 1.61. The van der Waals surface area contributed by atoms with Crippen molar-refractivity contribution in [2.24, 2.45) is 0 Å². The molecule has 3 nitrogen and oxygen atoms in total. The van der Waals surface area contributed by atoms with Gasteiger partial charge in [-0.1, -0.05) is 12.1 Å². The Hall–Kier alpha value is -1.58. The van der Waals surface area contributed by atoms with Crippen LogP contribution < -0.4 is 10.6 Å². The fraction of sp³-hybridized carbons (Fsp3) is 0.500. The molecule has 4 heteroatoms. The predicted molar refractivity (Wildman–Crippen MR) is 70.8 cm³/mol. The lowest BCUT2D eigenvalue weighted by molar-refractivity contribution is 0.221. The summed E-state index contributed by atoms with van der Waals surface area (Å²) in [5.74, 6) is -0.307. The maximum Gasteiger partial charge on any atom is 0.315 e. The molecule has 1 aromatic rings. The minimum atomic E-state index is -0.628. The van der Waals surface area contributed by atoms with Crippen LogP contribution in [0.5, 0.6) is 0 Å². The van der Waals surface area contributed by atoms with E-state index in [1.54, 1.807) is 12.1 Å². The monoisotopic (exact) mass is 252 g/mol. The Bertz CT molecular complexity index is 436. The summed E-state index contributed by atoms with van der Waals surface area (Å²) in [4.78, 5) is 11.8. The van der Waals surface area contributed by atoms with Crippen LogP contribution in [0, 0.1) is 5.82 Å². The average Bonchev–Trinajstić information content (AvgIpc) is 2.13. The van der Waals surface area contributed by atoms with Crippen LogP contribution in [-0.2, 0) is 5.54 Å². The molecule has 0 aromatic heterocycles. The topological polar surface area (TPSA) is 41.1 Å². The van der Waals surface area contributed by atoms with Crippen molar-refractivity contribution in [2.45, 2.75) is 45.7 Å². The molecule has 1 rings (SSSR count). The van der Waals surface area contributed by atoms with Crippen molar-refractivity contribution in [1.29, 1.82) is 0 Å². The molecule has 0 aliphatic rings. The van der Waals surface area contributed by atoms with E-state index < -0.39 is 5.54 Å². The third kappa shape index (κ3) is 4.35. The molecule has 100 valence electrons. The zero-order valence-electron chi connectivity index (χ0n) is 11.6. The van der Waals surface area contributed by atoms with Crippen LogP contribution in [0.2, 0.25) is 0 Å². The molecule has 18 heavy (non-hydrogen) atoms. The minimum absolute atomic E-state index is 0.267. The summed E-state index contributed by atoms with van der Waals surface area (Å²) in [6.07, 6.45) is 0. The van der Waals surface area contributed by atoms with Crippen molar-refractivity contribution >= 4 is 6.03 Å². The van der Waals surface area contributed by atoms with Crippen molar-refractivity contribution < 1.29 is 9.18 Å². The summed E-state index contributed by atoms with van der Waals surface area (Å²) in [5, 5.41) is 5.66. The molecule has 1 aromatic carbocycles. The molecule has 0 saturated heterocycles. The van der Waals surface area contributed by atoms with Crippen molar-refractivity contribution in [1.82, 2.24) is 10.6 Å². The van der Waals surface area contributed by atoms with E-state index in [0.717, 1.165) is 5.56 Å². The van der Waals surface area contributed by atoms with Gasteiger partial charge in [0.1, 0.15) is 5.82 Å². The van der Waals surface area contributed by atoms with Gasteiger partial charge < -0.3 is 10.6 Å². The molecule has 0 aliphatic carbocycles. The van der Waals surface area contributed by atoms with Crippen molar-refractivity contribution in [3.05, 3.63) is 35.6 Å². The number of hydrogen-bond acceptors (Lipinski definition) is 1. The summed E-state index contributed by atoms with van der Waals surface area (Å²) >= 11 is 0. The summed E-state index contributed by atoms with van der Waals surface area (Å²) in [6, 6.07) is 5.97. The van der Waals surface area contributed by atoms with Crippen LogP contribution in [0.1, 0.15) is 40.2 Å². The van der Waals surface area contributed by atoms with Crippen LogP contribution in [0.4, 0.5) is 9.18 Å². The van der Waals surface area contributed by atoms with E-state index >= 15 is 0 Å². The molecule has 0 heterocycles. The first-order valence-electron chi connectivity index (χ1n) is 5.96. The maximum atomic E-state index is 13.2. The van der Waals surface area contributed by atoms with E-state index in [9.17, 15) is 9.18 Å². The molecular formula is C14H21FN2O. The van der Waals surface area contributed by atoms with E-state index in [2.05, 4.69) is 10.6 Å². The Morgan fingerprint density at radius 3 is 2.22 bits per heavy atom. The zero-order chi connectivity index (χ0) is 14.0. The number of urea groups is 1. The van der Waals surface area contributed by atoms with Gasteiger partial charge in [-0.15, -0.1) is 0 Å². The van der Waals surface area contributed by atoms with Crippen LogP contribution in [-0.4, -0.2) is 11.6 Å². The number of hydrogen-bond donors (Lipinski definition) is 2. The first kappa shape index (κ1) is 14.5. The number of carbonyl (C=O) groups excluding carboxylic acids is 1. The third-order valence-corrected chi connectivity index (χ3v) is 2.46. The summed E-state index contributed by atoms with van der Waals surface area (Å²) in [7, 11) is 0. The highest BCUT2D eigenvalue weighted by Crippen LogP contribution is 2.20. The van der Waals surface area contributed by atoms with Gasteiger partial charge in [0.15, 0.2) is 0 Å². The Morgan fingerprint density at radius 2 is 1.72 bits per heavy atom. The van der Waals surface area contributed by atoms with Crippen LogP contribution in [0.25, 0.3) is 0 Å². The van der Waals surface area contributed by atoms with Crippen molar-refractivity contribution in [2.75, 3.05) is 0 Å². The van der Waals surface area contributed by atoms with Gasteiger partial charge in [0.05, 0.1) is 5.54 Å². The van der Waals surface area contributed by atoms with Gasteiger partial charge in [-0.3, -0.25) is 0 Å². The van der Waals surface area contributed by atoms with E-state index in [1.807, 2.05) is 34.6 Å². The van der Waals surface area contributed by atoms with Gasteiger partial charge in [-0.05, 0) is 52.3 Å². The second-order valence-corrected chi connectivity index (χ2v) is 5.96. The second-order valence-electron chi connectivity index (χ2n) is 5.96. The lowest BCUT2D eigenvalue weighted by Gasteiger charge is -2.29. The number of amides is 2. The quantitative estimate of drug-likeness (QED) is 0.834. The van der Waals surface area contributed by atoms with Gasteiger partial charge in [-0.25, -0.2) is 9.18 Å². The van der Waals surface area contributed by atoms with E-state index in [0.29, 0.717) is 0 Å². The molecule has 0 radical (unpaired) electrons. The van der Waals surface area contributed by atoms with Crippen molar-refractivity contribution in [3.8, 4) is 0 Å². The summed E-state index contributed by atoms with van der Waals surface area (Å²) in [5.41, 5.74) is -0.203. The number of halogens is 1. The molecular weight excluding hydrogens is 231 g/mol. The summed E-state index contributed by atoms with van der Waals surface area (Å²) < 4.78 is 13.2. The first-order valence-corrected chi connectivity index (χ1v) is 5.96.